The van der Waals surface area contributed by atoms with Crippen LogP contribution in [-0.2, 0) is 11.3 Å². The number of halogens is 2. The van der Waals surface area contributed by atoms with E-state index in [1.165, 1.54) is 0 Å². The first-order valence-electron chi connectivity index (χ1n) is 7.14. The minimum atomic E-state index is -0.494. The van der Waals surface area contributed by atoms with E-state index in [2.05, 4.69) is 12.2 Å². The average molecular weight is 353 g/mol. The lowest BCUT2D eigenvalue weighted by atomic mass is 10.1. The van der Waals surface area contributed by atoms with E-state index in [1.54, 1.807) is 6.07 Å². The molecule has 23 heavy (non-hydrogen) atoms. The molecule has 122 valence electrons. The highest BCUT2D eigenvalue weighted by Crippen LogP contribution is 2.25. The zero-order valence-corrected chi connectivity index (χ0v) is 14.2. The van der Waals surface area contributed by atoms with Gasteiger partial charge in [0.05, 0.1) is 10.0 Å². The molecule has 2 aromatic rings. The predicted molar refractivity (Wildman–Crippen MR) is 92.8 cm³/mol. The first kappa shape index (κ1) is 17.6. The summed E-state index contributed by atoms with van der Waals surface area (Å²) in [5.74, 6) is 0.122. The van der Waals surface area contributed by atoms with Crippen molar-refractivity contribution >= 4 is 29.1 Å². The van der Waals surface area contributed by atoms with Crippen LogP contribution in [0.3, 0.4) is 0 Å². The van der Waals surface area contributed by atoms with Gasteiger partial charge in [0.1, 0.15) is 5.75 Å². The first-order chi connectivity index (χ1) is 11.0. The molecule has 2 aromatic carbocycles. The summed E-state index contributed by atoms with van der Waals surface area (Å²) >= 11 is 12.0. The first-order valence-corrected chi connectivity index (χ1v) is 7.89. The zero-order chi connectivity index (χ0) is 16.8. The molecule has 0 aliphatic heterocycles. The van der Waals surface area contributed by atoms with Crippen molar-refractivity contribution in [3.8, 4) is 5.75 Å². The van der Waals surface area contributed by atoms with Gasteiger partial charge < -0.3 is 15.8 Å². The van der Waals surface area contributed by atoms with E-state index >= 15 is 0 Å². The van der Waals surface area contributed by atoms with Gasteiger partial charge in [-0.05, 0) is 42.3 Å². The molecular weight excluding hydrogens is 335 g/mol. The highest BCUT2D eigenvalue weighted by atomic mass is 35.5. The molecule has 0 bridgehead atoms. The van der Waals surface area contributed by atoms with Gasteiger partial charge in [0, 0.05) is 12.6 Å². The van der Waals surface area contributed by atoms with Crippen LogP contribution in [0.5, 0.6) is 5.75 Å². The van der Waals surface area contributed by atoms with E-state index in [1.807, 2.05) is 36.4 Å². The molecule has 0 spiro atoms. The highest BCUT2D eigenvalue weighted by molar-refractivity contribution is 6.42. The van der Waals surface area contributed by atoms with Gasteiger partial charge in [-0.2, -0.15) is 0 Å². The second kappa shape index (κ2) is 8.20. The van der Waals surface area contributed by atoms with Crippen LogP contribution in [0.15, 0.2) is 42.5 Å². The Kier molecular flexibility index (Phi) is 6.28. The number of rotatable bonds is 7. The fourth-order valence-electron chi connectivity index (χ4n) is 2.03. The van der Waals surface area contributed by atoms with Crippen molar-refractivity contribution in [1.29, 1.82) is 0 Å². The molecule has 0 fully saturated rings. The van der Waals surface area contributed by atoms with Crippen LogP contribution < -0.4 is 15.8 Å². The molecule has 0 aliphatic rings. The van der Waals surface area contributed by atoms with Crippen molar-refractivity contribution in [2.75, 3.05) is 6.61 Å². The van der Waals surface area contributed by atoms with Crippen molar-refractivity contribution in [3.05, 3.63) is 63.6 Å². The lowest BCUT2D eigenvalue weighted by molar-refractivity contribution is -0.119. The lowest BCUT2D eigenvalue weighted by Gasteiger charge is -2.15. The fourth-order valence-corrected chi connectivity index (χ4v) is 2.34. The Morgan fingerprint density at radius 2 is 1.87 bits per heavy atom. The second-order valence-electron chi connectivity index (χ2n) is 5.18. The number of carbonyl (C=O) groups is 1. The quantitative estimate of drug-likeness (QED) is 0.798. The van der Waals surface area contributed by atoms with Gasteiger partial charge >= 0.3 is 0 Å². The summed E-state index contributed by atoms with van der Waals surface area (Å²) in [4.78, 5) is 10.7. The minimum absolute atomic E-state index is 0.119. The SMILES string of the molecule is C[C@@H](NCc1ccc(OCC(N)=O)cc1)c1ccc(Cl)c(Cl)c1. The van der Waals surface area contributed by atoms with Gasteiger partial charge in [-0.3, -0.25) is 4.79 Å². The van der Waals surface area contributed by atoms with Gasteiger partial charge in [-0.15, -0.1) is 0 Å². The topological polar surface area (TPSA) is 64.3 Å². The molecule has 6 heteroatoms. The van der Waals surface area contributed by atoms with E-state index < -0.39 is 5.91 Å². The van der Waals surface area contributed by atoms with Gasteiger partial charge in [0.25, 0.3) is 5.91 Å². The molecule has 0 saturated carbocycles. The Balaban J connectivity index is 1.89. The zero-order valence-electron chi connectivity index (χ0n) is 12.7. The summed E-state index contributed by atoms with van der Waals surface area (Å²) in [7, 11) is 0. The van der Waals surface area contributed by atoms with Crippen LogP contribution in [0.1, 0.15) is 24.1 Å². The number of hydrogen-bond acceptors (Lipinski definition) is 3. The Bertz CT molecular complexity index is 675. The largest absolute Gasteiger partial charge is 0.484 e. The molecule has 0 radical (unpaired) electrons. The Hall–Kier alpha value is -1.75. The maximum atomic E-state index is 10.7. The number of nitrogens with one attached hydrogen (secondary N) is 1. The molecule has 2 rings (SSSR count). The van der Waals surface area contributed by atoms with Gasteiger partial charge in [-0.1, -0.05) is 41.4 Å². The number of amides is 1. The Labute approximate surface area is 145 Å². The van der Waals surface area contributed by atoms with Crippen LogP contribution in [0.4, 0.5) is 0 Å². The van der Waals surface area contributed by atoms with E-state index in [4.69, 9.17) is 33.7 Å². The number of carbonyl (C=O) groups excluding carboxylic acids is 1. The van der Waals surface area contributed by atoms with Gasteiger partial charge in [0.2, 0.25) is 0 Å². The Morgan fingerprint density at radius 1 is 1.17 bits per heavy atom. The summed E-state index contributed by atoms with van der Waals surface area (Å²) in [5, 5.41) is 4.51. The molecule has 0 unspecified atom stereocenters. The van der Waals surface area contributed by atoms with E-state index in [0.29, 0.717) is 22.3 Å². The fraction of sp³-hybridized carbons (Fsp3) is 0.235. The van der Waals surface area contributed by atoms with Crippen molar-refractivity contribution in [2.45, 2.75) is 19.5 Å². The molecule has 0 heterocycles. The molecular formula is C17H18Cl2N2O2. The highest BCUT2D eigenvalue weighted by Gasteiger charge is 2.07. The molecule has 1 atom stereocenters. The van der Waals surface area contributed by atoms with Crippen LogP contribution in [0, 0.1) is 0 Å². The third kappa shape index (κ3) is 5.43. The van der Waals surface area contributed by atoms with Crippen LogP contribution >= 0.6 is 23.2 Å². The standard InChI is InChI=1S/C17H18Cl2N2O2/c1-11(13-4-7-15(18)16(19)8-13)21-9-12-2-5-14(6-3-12)23-10-17(20)22/h2-8,11,21H,9-10H2,1H3,(H2,20,22)/t11-/m1/s1. The predicted octanol–water partition coefficient (Wildman–Crippen LogP) is 3.71. The van der Waals surface area contributed by atoms with Crippen LogP contribution in [0.25, 0.3) is 0 Å². The van der Waals surface area contributed by atoms with E-state index in [-0.39, 0.29) is 12.6 Å². The molecule has 0 aromatic heterocycles. The van der Waals surface area contributed by atoms with Crippen molar-refractivity contribution in [2.24, 2.45) is 5.73 Å². The summed E-state index contributed by atoms with van der Waals surface area (Å²) in [5.41, 5.74) is 7.21. The average Bonchev–Trinajstić information content (AvgIpc) is 2.54. The minimum Gasteiger partial charge on any atom is -0.484 e. The van der Waals surface area contributed by atoms with E-state index in [0.717, 1.165) is 11.1 Å². The number of nitrogens with two attached hydrogens (primary N) is 1. The summed E-state index contributed by atoms with van der Waals surface area (Å²) < 4.78 is 5.22. The number of primary amides is 1. The van der Waals surface area contributed by atoms with Crippen molar-refractivity contribution < 1.29 is 9.53 Å². The third-order valence-corrected chi connectivity index (χ3v) is 4.10. The van der Waals surface area contributed by atoms with Crippen LogP contribution in [0.2, 0.25) is 10.0 Å². The summed E-state index contributed by atoms with van der Waals surface area (Å²) in [6, 6.07) is 13.2. The molecule has 0 saturated heterocycles. The molecule has 0 aliphatic carbocycles. The van der Waals surface area contributed by atoms with Gasteiger partial charge in [0.15, 0.2) is 6.61 Å². The Morgan fingerprint density at radius 3 is 2.48 bits per heavy atom. The smallest absolute Gasteiger partial charge is 0.255 e. The van der Waals surface area contributed by atoms with Crippen molar-refractivity contribution in [1.82, 2.24) is 5.32 Å². The number of benzene rings is 2. The van der Waals surface area contributed by atoms with Crippen LogP contribution in [-0.4, -0.2) is 12.5 Å². The third-order valence-electron chi connectivity index (χ3n) is 3.36. The maximum Gasteiger partial charge on any atom is 0.255 e. The second-order valence-corrected chi connectivity index (χ2v) is 5.99. The molecule has 4 nitrogen and oxygen atoms in total. The maximum absolute atomic E-state index is 10.7. The monoisotopic (exact) mass is 352 g/mol. The molecule has 1 amide bonds. The summed E-state index contributed by atoms with van der Waals surface area (Å²) in [6.45, 7) is 2.63. The summed E-state index contributed by atoms with van der Waals surface area (Å²) in [6.07, 6.45) is 0. The molecule has 3 N–H and O–H groups in total. The van der Waals surface area contributed by atoms with E-state index in [9.17, 15) is 4.79 Å². The lowest BCUT2D eigenvalue weighted by Crippen LogP contribution is -2.20. The normalized spacial score (nSPS) is 12.0. The van der Waals surface area contributed by atoms with Gasteiger partial charge in [-0.25, -0.2) is 0 Å². The van der Waals surface area contributed by atoms with Crippen molar-refractivity contribution in [3.63, 3.8) is 0 Å². The number of hydrogen-bond donors (Lipinski definition) is 2. The number of ether oxygens (including phenoxy) is 1.